The molecule has 1 amide bonds. The SMILES string of the molecule is Cl.NC(=O)c1cccc2c1OCO2. The zero-order valence-electron chi connectivity index (χ0n) is 6.65. The van der Waals surface area contributed by atoms with Crippen LogP contribution in [0.1, 0.15) is 10.4 Å². The van der Waals surface area contributed by atoms with Crippen molar-refractivity contribution in [1.82, 2.24) is 0 Å². The summed E-state index contributed by atoms with van der Waals surface area (Å²) in [6, 6.07) is 5.04. The molecule has 1 heterocycles. The number of carbonyl (C=O) groups is 1. The lowest BCUT2D eigenvalue weighted by Crippen LogP contribution is -2.11. The lowest BCUT2D eigenvalue weighted by Gasteiger charge is -1.99. The number of ether oxygens (including phenoxy) is 2. The smallest absolute Gasteiger partial charge is 0.252 e. The summed E-state index contributed by atoms with van der Waals surface area (Å²) in [5.74, 6) is 0.522. The van der Waals surface area contributed by atoms with Crippen LogP contribution >= 0.6 is 12.4 Å². The maximum Gasteiger partial charge on any atom is 0.252 e. The molecule has 2 N–H and O–H groups in total. The quantitative estimate of drug-likeness (QED) is 0.736. The molecule has 2 rings (SSSR count). The maximum absolute atomic E-state index is 10.8. The van der Waals surface area contributed by atoms with Crippen molar-refractivity contribution in [2.75, 3.05) is 6.79 Å². The topological polar surface area (TPSA) is 61.6 Å². The van der Waals surface area contributed by atoms with Gasteiger partial charge in [-0.15, -0.1) is 12.4 Å². The molecule has 0 radical (unpaired) electrons. The molecule has 0 aliphatic carbocycles. The molecule has 0 saturated carbocycles. The van der Waals surface area contributed by atoms with Crippen molar-refractivity contribution in [1.29, 1.82) is 0 Å². The van der Waals surface area contributed by atoms with E-state index < -0.39 is 5.91 Å². The van der Waals surface area contributed by atoms with Crippen molar-refractivity contribution < 1.29 is 14.3 Å². The third kappa shape index (κ3) is 1.53. The second-order valence-electron chi connectivity index (χ2n) is 2.40. The first-order valence-corrected chi connectivity index (χ1v) is 3.47. The van der Waals surface area contributed by atoms with E-state index in [9.17, 15) is 4.79 Å². The van der Waals surface area contributed by atoms with Gasteiger partial charge in [0.15, 0.2) is 11.5 Å². The number of para-hydroxylation sites is 1. The van der Waals surface area contributed by atoms with E-state index in [0.29, 0.717) is 17.1 Å². The standard InChI is InChI=1S/C8H7NO3.ClH/c9-8(10)5-2-1-3-6-7(5)12-4-11-6;/h1-3H,4H2,(H2,9,10);1H. The van der Waals surface area contributed by atoms with Crippen molar-refractivity contribution >= 4 is 18.3 Å². The van der Waals surface area contributed by atoms with Crippen LogP contribution < -0.4 is 15.2 Å². The summed E-state index contributed by atoms with van der Waals surface area (Å²) in [4.78, 5) is 10.8. The van der Waals surface area contributed by atoms with Crippen molar-refractivity contribution in [2.24, 2.45) is 5.73 Å². The highest BCUT2D eigenvalue weighted by Gasteiger charge is 2.19. The van der Waals surface area contributed by atoms with Gasteiger partial charge in [-0.25, -0.2) is 0 Å². The van der Waals surface area contributed by atoms with E-state index in [1.54, 1.807) is 18.2 Å². The fourth-order valence-electron chi connectivity index (χ4n) is 1.12. The van der Waals surface area contributed by atoms with Crippen LogP contribution in [0.3, 0.4) is 0 Å². The van der Waals surface area contributed by atoms with Crippen LogP contribution in [0.4, 0.5) is 0 Å². The lowest BCUT2D eigenvalue weighted by atomic mass is 10.2. The number of primary amides is 1. The van der Waals surface area contributed by atoms with Gasteiger partial charge < -0.3 is 15.2 Å². The van der Waals surface area contributed by atoms with Gasteiger partial charge in [-0.2, -0.15) is 0 Å². The van der Waals surface area contributed by atoms with Crippen LogP contribution in [0.15, 0.2) is 18.2 Å². The van der Waals surface area contributed by atoms with E-state index in [2.05, 4.69) is 0 Å². The van der Waals surface area contributed by atoms with E-state index in [1.165, 1.54) is 0 Å². The Hall–Kier alpha value is -1.42. The van der Waals surface area contributed by atoms with Gasteiger partial charge in [-0.3, -0.25) is 4.79 Å². The number of fused-ring (bicyclic) bond motifs is 1. The molecule has 0 aromatic heterocycles. The normalized spacial score (nSPS) is 12.0. The molecule has 0 unspecified atom stereocenters. The fraction of sp³-hybridized carbons (Fsp3) is 0.125. The first kappa shape index (κ1) is 9.67. The molecule has 70 valence electrons. The monoisotopic (exact) mass is 201 g/mol. The zero-order valence-corrected chi connectivity index (χ0v) is 7.47. The van der Waals surface area contributed by atoms with Crippen molar-refractivity contribution in [3.05, 3.63) is 23.8 Å². The van der Waals surface area contributed by atoms with Crippen LogP contribution in [0.5, 0.6) is 11.5 Å². The summed E-state index contributed by atoms with van der Waals surface area (Å²) in [5, 5.41) is 0. The lowest BCUT2D eigenvalue weighted by molar-refractivity contribution is 0.0995. The van der Waals surface area contributed by atoms with Gasteiger partial charge in [0.2, 0.25) is 6.79 Å². The van der Waals surface area contributed by atoms with E-state index in [1.807, 2.05) is 0 Å². The van der Waals surface area contributed by atoms with E-state index in [4.69, 9.17) is 15.2 Å². The Balaban J connectivity index is 0.000000845. The molecule has 13 heavy (non-hydrogen) atoms. The Bertz CT molecular complexity index is 340. The number of amides is 1. The maximum atomic E-state index is 10.8. The van der Waals surface area contributed by atoms with Gasteiger partial charge in [0, 0.05) is 0 Å². The Morgan fingerprint density at radius 3 is 2.85 bits per heavy atom. The minimum Gasteiger partial charge on any atom is -0.454 e. The zero-order chi connectivity index (χ0) is 8.55. The molecule has 0 spiro atoms. The summed E-state index contributed by atoms with van der Waals surface area (Å²) in [6.45, 7) is 0.152. The Kier molecular flexibility index (Phi) is 2.63. The second-order valence-corrected chi connectivity index (χ2v) is 2.40. The van der Waals surface area contributed by atoms with E-state index in [-0.39, 0.29) is 19.2 Å². The van der Waals surface area contributed by atoms with Gasteiger partial charge in [0.1, 0.15) is 0 Å². The molecule has 1 aromatic carbocycles. The molecule has 0 atom stereocenters. The first-order chi connectivity index (χ1) is 5.79. The Morgan fingerprint density at radius 2 is 2.15 bits per heavy atom. The van der Waals surface area contributed by atoms with Crippen molar-refractivity contribution in [3.8, 4) is 11.5 Å². The van der Waals surface area contributed by atoms with Gasteiger partial charge in [-0.05, 0) is 12.1 Å². The van der Waals surface area contributed by atoms with Crippen molar-refractivity contribution in [3.63, 3.8) is 0 Å². The number of carbonyl (C=O) groups excluding carboxylic acids is 1. The molecule has 1 aliphatic rings. The van der Waals surface area contributed by atoms with Gasteiger partial charge in [0.25, 0.3) is 5.91 Å². The summed E-state index contributed by atoms with van der Waals surface area (Å²) in [5.41, 5.74) is 5.48. The van der Waals surface area contributed by atoms with Gasteiger partial charge in [0.05, 0.1) is 5.56 Å². The predicted octanol–water partition coefficient (Wildman–Crippen LogP) is 0.936. The average molecular weight is 202 g/mol. The summed E-state index contributed by atoms with van der Waals surface area (Å²) in [7, 11) is 0. The molecule has 0 bridgehead atoms. The number of nitrogens with two attached hydrogens (primary N) is 1. The number of hydrogen-bond donors (Lipinski definition) is 1. The molecule has 0 fully saturated rings. The molecule has 1 aliphatic heterocycles. The van der Waals surface area contributed by atoms with E-state index >= 15 is 0 Å². The number of benzene rings is 1. The Labute approximate surface area is 81.0 Å². The van der Waals surface area contributed by atoms with Crippen LogP contribution in [-0.2, 0) is 0 Å². The Morgan fingerprint density at radius 1 is 1.38 bits per heavy atom. The second kappa shape index (κ2) is 3.53. The fourth-order valence-corrected chi connectivity index (χ4v) is 1.12. The van der Waals surface area contributed by atoms with Crippen LogP contribution in [0.25, 0.3) is 0 Å². The highest BCUT2D eigenvalue weighted by Crippen LogP contribution is 2.34. The molecule has 4 nitrogen and oxygen atoms in total. The molecule has 5 heteroatoms. The van der Waals surface area contributed by atoms with Gasteiger partial charge in [-0.1, -0.05) is 6.07 Å². The number of rotatable bonds is 1. The summed E-state index contributed by atoms with van der Waals surface area (Å²) in [6.07, 6.45) is 0. The highest BCUT2D eigenvalue weighted by atomic mass is 35.5. The number of halogens is 1. The number of hydrogen-bond acceptors (Lipinski definition) is 3. The van der Waals surface area contributed by atoms with Gasteiger partial charge >= 0.3 is 0 Å². The largest absolute Gasteiger partial charge is 0.454 e. The average Bonchev–Trinajstić information content (AvgIpc) is 2.49. The molecule has 0 saturated heterocycles. The van der Waals surface area contributed by atoms with Crippen LogP contribution in [0, 0.1) is 0 Å². The molecular weight excluding hydrogens is 194 g/mol. The first-order valence-electron chi connectivity index (χ1n) is 3.47. The van der Waals surface area contributed by atoms with Crippen LogP contribution in [-0.4, -0.2) is 12.7 Å². The highest BCUT2D eigenvalue weighted by molar-refractivity contribution is 5.96. The van der Waals surface area contributed by atoms with E-state index in [0.717, 1.165) is 0 Å². The summed E-state index contributed by atoms with van der Waals surface area (Å²) < 4.78 is 10.1. The van der Waals surface area contributed by atoms with Crippen molar-refractivity contribution in [2.45, 2.75) is 0 Å². The van der Waals surface area contributed by atoms with Crippen LogP contribution in [0.2, 0.25) is 0 Å². The molecular formula is C8H8ClNO3. The molecule has 1 aromatic rings. The third-order valence-corrected chi connectivity index (χ3v) is 1.66. The summed E-state index contributed by atoms with van der Waals surface area (Å²) >= 11 is 0. The predicted molar refractivity (Wildman–Crippen MR) is 48.3 cm³/mol. The minimum absolute atomic E-state index is 0. The minimum atomic E-state index is -0.502. The third-order valence-electron chi connectivity index (χ3n) is 1.66.